The summed E-state index contributed by atoms with van der Waals surface area (Å²) in [7, 11) is 0. The van der Waals surface area contributed by atoms with Gasteiger partial charge in [-0.1, -0.05) is 40.6 Å². The summed E-state index contributed by atoms with van der Waals surface area (Å²) in [5.41, 5.74) is 11.5. The number of fused-ring (bicyclic) bond motifs is 2. The minimum Gasteiger partial charge on any atom is -0.618 e. The number of halogens is 1. The minimum absolute atomic E-state index is 0.284. The summed E-state index contributed by atoms with van der Waals surface area (Å²) < 4.78 is 26.2. The van der Waals surface area contributed by atoms with Crippen LogP contribution in [0.3, 0.4) is 0 Å². The van der Waals surface area contributed by atoms with Crippen LogP contribution in [0.2, 0.25) is 0 Å². The fraction of sp³-hybridized carbons (Fsp3) is 0.162. The van der Waals surface area contributed by atoms with E-state index in [2.05, 4.69) is 25.7 Å². The maximum absolute atomic E-state index is 13.1. The lowest BCUT2D eigenvalue weighted by Gasteiger charge is -2.06. The van der Waals surface area contributed by atoms with Gasteiger partial charge in [-0.15, -0.1) is 0 Å². The van der Waals surface area contributed by atoms with Crippen molar-refractivity contribution in [2.45, 2.75) is 41.2 Å². The zero-order valence-electron chi connectivity index (χ0n) is 27.6. The largest absolute Gasteiger partial charge is 0.618 e. The second-order valence-corrected chi connectivity index (χ2v) is 11.8. The Morgan fingerprint density at radius 2 is 1.55 bits per heavy atom. The van der Waals surface area contributed by atoms with Crippen LogP contribution in [0.5, 0.6) is 0 Å². The lowest BCUT2D eigenvalue weighted by atomic mass is 10.1. The molecule has 0 fully saturated rings. The van der Waals surface area contributed by atoms with E-state index in [1.54, 1.807) is 23.7 Å². The standard InChI is InChI=1S/C19H17FN4O2.C18H16N4O/c1-11-18(13(3)26-22-11)15-8-17-19(24(25)10-15)12(2)21-23(17)9-14-4-6-16(20)7-5-14;1-11-17(12(2)23-22-11)14-8-9-15-18(21-14)16(10-19-15)20-13-6-4-3-5-7-13/h4-8,10H,9H2,1-3H3;3-10,19-20H,1-2H3. The van der Waals surface area contributed by atoms with Gasteiger partial charge in [-0.3, -0.25) is 4.68 Å². The molecule has 8 aromatic rings. The number of rotatable bonds is 6. The molecule has 0 aliphatic heterocycles. The molecule has 0 bridgehead atoms. The minimum atomic E-state index is -0.284. The van der Waals surface area contributed by atoms with Crippen LogP contribution in [-0.4, -0.2) is 30.1 Å². The topological polar surface area (TPSA) is 138 Å². The van der Waals surface area contributed by atoms with Crippen LogP contribution in [0.1, 0.15) is 34.2 Å². The number of aryl methyl sites for hydroxylation is 5. The van der Waals surface area contributed by atoms with Gasteiger partial charge in [0.05, 0.1) is 51.5 Å². The smallest absolute Gasteiger partial charge is 0.265 e. The number of H-pyrrole nitrogens is 1. The van der Waals surface area contributed by atoms with Crippen molar-refractivity contribution in [3.63, 3.8) is 0 Å². The van der Waals surface area contributed by atoms with Gasteiger partial charge in [0.15, 0.2) is 6.20 Å². The van der Waals surface area contributed by atoms with Gasteiger partial charge >= 0.3 is 0 Å². The maximum atomic E-state index is 13.1. The summed E-state index contributed by atoms with van der Waals surface area (Å²) in [4.78, 5) is 8.05. The number of benzene rings is 2. The average Bonchev–Trinajstić information content (AvgIpc) is 3.83. The van der Waals surface area contributed by atoms with E-state index in [0.29, 0.717) is 29.0 Å². The number of hydrogen-bond donors (Lipinski definition) is 2. The molecule has 12 heteroatoms. The number of nitrogens with one attached hydrogen (secondary N) is 2. The van der Waals surface area contributed by atoms with Crippen LogP contribution in [-0.2, 0) is 6.54 Å². The summed E-state index contributed by atoms with van der Waals surface area (Å²) in [5, 5.41) is 28.5. The lowest BCUT2D eigenvalue weighted by Crippen LogP contribution is -2.27. The van der Waals surface area contributed by atoms with Crippen molar-refractivity contribution in [3.05, 3.63) is 130 Å². The number of anilines is 2. The third-order valence-electron chi connectivity index (χ3n) is 8.34. The van der Waals surface area contributed by atoms with Gasteiger partial charge in [-0.05, 0) is 82.6 Å². The molecule has 6 heterocycles. The number of para-hydroxylation sites is 1. The molecule has 0 atom stereocenters. The van der Waals surface area contributed by atoms with E-state index in [0.717, 1.165) is 72.2 Å². The fourth-order valence-corrected chi connectivity index (χ4v) is 6.06. The normalized spacial score (nSPS) is 11.2. The predicted molar refractivity (Wildman–Crippen MR) is 185 cm³/mol. The molecule has 2 N–H and O–H groups in total. The first kappa shape index (κ1) is 31.3. The number of aromatic nitrogens is 7. The van der Waals surface area contributed by atoms with Gasteiger partial charge in [0.2, 0.25) is 0 Å². The molecule has 49 heavy (non-hydrogen) atoms. The van der Waals surface area contributed by atoms with E-state index < -0.39 is 0 Å². The van der Waals surface area contributed by atoms with Crippen LogP contribution in [0.4, 0.5) is 15.8 Å². The Hall–Kier alpha value is -6.30. The zero-order valence-corrected chi connectivity index (χ0v) is 27.6. The monoisotopic (exact) mass is 656 g/mol. The molecule has 2 aromatic carbocycles. The van der Waals surface area contributed by atoms with Crippen molar-refractivity contribution >= 4 is 33.4 Å². The maximum Gasteiger partial charge on any atom is 0.265 e. The Labute approximate surface area is 280 Å². The van der Waals surface area contributed by atoms with Gasteiger partial charge in [-0.2, -0.15) is 9.83 Å². The molecule has 0 unspecified atom stereocenters. The van der Waals surface area contributed by atoms with Crippen LogP contribution in [0, 0.1) is 45.6 Å². The first-order valence-electron chi connectivity index (χ1n) is 15.7. The number of aromatic amines is 1. The predicted octanol–water partition coefficient (Wildman–Crippen LogP) is 8.02. The van der Waals surface area contributed by atoms with Gasteiger partial charge in [-0.25, -0.2) is 9.37 Å². The summed E-state index contributed by atoms with van der Waals surface area (Å²) >= 11 is 0. The first-order chi connectivity index (χ1) is 23.7. The van der Waals surface area contributed by atoms with Gasteiger partial charge < -0.3 is 24.6 Å². The highest BCUT2D eigenvalue weighted by molar-refractivity contribution is 5.92. The molecule has 0 aliphatic rings. The molecule has 0 saturated heterocycles. The fourth-order valence-electron chi connectivity index (χ4n) is 6.06. The van der Waals surface area contributed by atoms with Crippen molar-refractivity contribution in [1.29, 1.82) is 0 Å². The summed E-state index contributed by atoms with van der Waals surface area (Å²) in [5.74, 6) is 1.15. The molecule has 0 amide bonds. The zero-order chi connectivity index (χ0) is 34.2. The molecule has 6 aromatic heterocycles. The molecule has 246 valence electrons. The van der Waals surface area contributed by atoms with E-state index in [1.165, 1.54) is 18.3 Å². The summed E-state index contributed by atoms with van der Waals surface area (Å²) in [6, 6.07) is 22.2. The summed E-state index contributed by atoms with van der Waals surface area (Å²) in [6.07, 6.45) is 3.45. The van der Waals surface area contributed by atoms with Crippen molar-refractivity contribution in [2.75, 3.05) is 5.32 Å². The van der Waals surface area contributed by atoms with Crippen LogP contribution < -0.4 is 10.0 Å². The van der Waals surface area contributed by atoms with Crippen LogP contribution >= 0.6 is 0 Å². The average molecular weight is 657 g/mol. The van der Waals surface area contributed by atoms with Gasteiger partial charge in [0, 0.05) is 11.9 Å². The second-order valence-electron chi connectivity index (χ2n) is 11.8. The van der Waals surface area contributed by atoms with Gasteiger partial charge in [0.25, 0.3) is 5.52 Å². The number of nitrogens with zero attached hydrogens (tertiary/aromatic N) is 6. The van der Waals surface area contributed by atoms with Crippen molar-refractivity contribution in [3.8, 4) is 22.4 Å². The highest BCUT2D eigenvalue weighted by Gasteiger charge is 2.21. The summed E-state index contributed by atoms with van der Waals surface area (Å²) in [6.45, 7) is 9.73. The van der Waals surface area contributed by atoms with Crippen molar-refractivity contribution in [2.24, 2.45) is 0 Å². The highest BCUT2D eigenvalue weighted by atomic mass is 19.1. The number of pyridine rings is 2. The van der Waals surface area contributed by atoms with Crippen LogP contribution in [0.15, 0.2) is 94.2 Å². The molecular weight excluding hydrogens is 623 g/mol. The van der Waals surface area contributed by atoms with E-state index in [1.807, 2.05) is 82.4 Å². The SMILES string of the molecule is Cc1noc(C)c1-c1cc2c(c(C)nn2Cc2ccc(F)cc2)[n+]([O-])c1.Cc1noc(C)c1-c1ccc2[nH]cc(Nc3ccccc3)c2n1. The molecule has 0 saturated carbocycles. The second kappa shape index (κ2) is 12.7. The highest BCUT2D eigenvalue weighted by Crippen LogP contribution is 2.31. The van der Waals surface area contributed by atoms with E-state index in [-0.39, 0.29) is 5.82 Å². The van der Waals surface area contributed by atoms with Gasteiger partial charge in [0.1, 0.15) is 34.1 Å². The molecule has 0 aliphatic carbocycles. The molecule has 0 radical (unpaired) electrons. The molecule has 0 spiro atoms. The third kappa shape index (κ3) is 6.11. The molecule has 8 rings (SSSR count). The third-order valence-corrected chi connectivity index (χ3v) is 8.34. The Balaban J connectivity index is 0.000000155. The van der Waals surface area contributed by atoms with E-state index >= 15 is 0 Å². The Morgan fingerprint density at radius 3 is 2.22 bits per heavy atom. The molecule has 11 nitrogen and oxygen atoms in total. The Morgan fingerprint density at radius 1 is 0.857 bits per heavy atom. The Bertz CT molecular complexity index is 2390. The quantitative estimate of drug-likeness (QED) is 0.136. The lowest BCUT2D eigenvalue weighted by molar-refractivity contribution is -0.576. The Kier molecular flexibility index (Phi) is 8.13. The number of hydrogen-bond acceptors (Lipinski definition) is 8. The first-order valence-corrected chi connectivity index (χ1v) is 15.7. The van der Waals surface area contributed by atoms with Crippen molar-refractivity contribution < 1.29 is 18.2 Å². The van der Waals surface area contributed by atoms with Crippen molar-refractivity contribution in [1.82, 2.24) is 30.1 Å². The van der Waals surface area contributed by atoms with Crippen LogP contribution in [0.25, 0.3) is 44.5 Å². The van der Waals surface area contributed by atoms with E-state index in [4.69, 9.17) is 14.0 Å². The van der Waals surface area contributed by atoms with E-state index in [9.17, 15) is 9.60 Å². The molecular formula is C37H33FN8O3.